The number of rotatable bonds is 4. The Morgan fingerprint density at radius 3 is 2.57 bits per heavy atom. The molecule has 2 aromatic rings. The summed E-state index contributed by atoms with van der Waals surface area (Å²) in [5.41, 5.74) is -0.573. The SMILES string of the molecule is Cc1cc(NC(=O)NC[C@](C)(O)c2cc(C)oc2C)no1. The fourth-order valence-electron chi connectivity index (χ4n) is 2.10. The molecule has 0 unspecified atom stereocenters. The number of carbonyl (C=O) groups is 1. The molecule has 0 saturated carbocycles. The highest BCUT2D eigenvalue weighted by atomic mass is 16.5. The molecule has 0 spiro atoms. The van der Waals surface area contributed by atoms with Crippen molar-refractivity contribution in [3.63, 3.8) is 0 Å². The number of carbonyl (C=O) groups excluding carboxylic acids is 1. The van der Waals surface area contributed by atoms with Crippen molar-refractivity contribution in [3.05, 3.63) is 35.0 Å². The van der Waals surface area contributed by atoms with E-state index in [0.29, 0.717) is 28.7 Å². The smallest absolute Gasteiger partial charge is 0.320 e. The van der Waals surface area contributed by atoms with Crippen molar-refractivity contribution in [2.75, 3.05) is 11.9 Å². The molecule has 0 aliphatic heterocycles. The van der Waals surface area contributed by atoms with E-state index in [0.717, 1.165) is 0 Å². The lowest BCUT2D eigenvalue weighted by Crippen LogP contribution is -2.40. The van der Waals surface area contributed by atoms with Crippen molar-refractivity contribution in [2.24, 2.45) is 0 Å². The van der Waals surface area contributed by atoms with Gasteiger partial charge in [-0.3, -0.25) is 5.32 Å². The minimum atomic E-state index is -1.22. The number of nitrogens with one attached hydrogen (secondary N) is 2. The minimum absolute atomic E-state index is 0.0372. The number of aryl methyl sites for hydroxylation is 3. The molecule has 2 amide bonds. The van der Waals surface area contributed by atoms with E-state index in [4.69, 9.17) is 8.94 Å². The van der Waals surface area contributed by atoms with E-state index < -0.39 is 11.6 Å². The van der Waals surface area contributed by atoms with Crippen molar-refractivity contribution in [2.45, 2.75) is 33.3 Å². The molecule has 2 heterocycles. The second-order valence-electron chi connectivity index (χ2n) is 5.23. The van der Waals surface area contributed by atoms with E-state index in [-0.39, 0.29) is 6.54 Å². The lowest BCUT2D eigenvalue weighted by Gasteiger charge is -2.23. The van der Waals surface area contributed by atoms with Gasteiger partial charge in [0.1, 0.15) is 22.9 Å². The van der Waals surface area contributed by atoms with Gasteiger partial charge in [-0.25, -0.2) is 4.79 Å². The number of aliphatic hydroxyl groups is 1. The third kappa shape index (κ3) is 3.63. The van der Waals surface area contributed by atoms with Crippen LogP contribution in [-0.2, 0) is 5.60 Å². The highest BCUT2D eigenvalue weighted by Gasteiger charge is 2.28. The summed E-state index contributed by atoms with van der Waals surface area (Å²) in [4.78, 5) is 11.8. The molecule has 2 aromatic heterocycles. The van der Waals surface area contributed by atoms with Crippen molar-refractivity contribution in [1.29, 1.82) is 0 Å². The molecule has 0 aliphatic rings. The van der Waals surface area contributed by atoms with Crippen LogP contribution < -0.4 is 10.6 Å². The van der Waals surface area contributed by atoms with Gasteiger partial charge in [0.2, 0.25) is 0 Å². The van der Waals surface area contributed by atoms with E-state index in [1.165, 1.54) is 0 Å². The van der Waals surface area contributed by atoms with Crippen LogP contribution in [0.15, 0.2) is 21.1 Å². The fraction of sp³-hybridized carbons (Fsp3) is 0.429. The Morgan fingerprint density at radius 1 is 1.33 bits per heavy atom. The highest BCUT2D eigenvalue weighted by Crippen LogP contribution is 2.26. The maximum atomic E-state index is 11.8. The molecule has 1 atom stereocenters. The summed E-state index contributed by atoms with van der Waals surface area (Å²) in [6.45, 7) is 6.96. The quantitative estimate of drug-likeness (QED) is 0.802. The molecule has 2 rings (SSSR count). The number of amides is 2. The molecule has 0 aliphatic carbocycles. The topological polar surface area (TPSA) is 101 Å². The Hall–Kier alpha value is -2.28. The van der Waals surface area contributed by atoms with Gasteiger partial charge < -0.3 is 19.4 Å². The van der Waals surface area contributed by atoms with Crippen LogP contribution >= 0.6 is 0 Å². The highest BCUT2D eigenvalue weighted by molar-refractivity contribution is 5.88. The van der Waals surface area contributed by atoms with Gasteiger partial charge in [-0.15, -0.1) is 0 Å². The predicted molar refractivity (Wildman–Crippen MR) is 76.0 cm³/mol. The average molecular weight is 293 g/mol. The van der Waals surface area contributed by atoms with E-state index in [1.54, 1.807) is 39.8 Å². The summed E-state index contributed by atoms with van der Waals surface area (Å²) < 4.78 is 10.2. The second kappa shape index (κ2) is 5.61. The molecule has 7 nitrogen and oxygen atoms in total. The minimum Gasteiger partial charge on any atom is -0.466 e. The van der Waals surface area contributed by atoms with Crippen LogP contribution in [0.5, 0.6) is 0 Å². The van der Waals surface area contributed by atoms with Crippen LogP contribution in [0, 0.1) is 20.8 Å². The summed E-state index contributed by atoms with van der Waals surface area (Å²) in [5.74, 6) is 2.26. The van der Waals surface area contributed by atoms with Gasteiger partial charge in [0.25, 0.3) is 0 Å². The van der Waals surface area contributed by atoms with Gasteiger partial charge in [0, 0.05) is 11.6 Å². The molecule has 0 aromatic carbocycles. The zero-order valence-electron chi connectivity index (χ0n) is 12.5. The summed E-state index contributed by atoms with van der Waals surface area (Å²) in [6, 6.07) is 2.89. The normalized spacial score (nSPS) is 13.8. The maximum Gasteiger partial charge on any atom is 0.320 e. The zero-order valence-corrected chi connectivity index (χ0v) is 12.5. The van der Waals surface area contributed by atoms with E-state index in [9.17, 15) is 9.90 Å². The number of hydrogen-bond donors (Lipinski definition) is 3. The third-order valence-electron chi connectivity index (χ3n) is 3.08. The summed E-state index contributed by atoms with van der Waals surface area (Å²) in [7, 11) is 0. The Balaban J connectivity index is 1.95. The standard InChI is InChI=1S/C14H19N3O4/c1-8-5-11(10(3)20-8)14(4,19)7-15-13(18)16-12-6-9(2)21-17-12/h5-6,19H,7H2,1-4H3,(H2,15,16,17,18)/t14-/m0/s1. The lowest BCUT2D eigenvalue weighted by molar-refractivity contribution is 0.0584. The molecule has 7 heteroatoms. The molecule has 0 bridgehead atoms. The first-order chi connectivity index (χ1) is 9.78. The Labute approximate surface area is 122 Å². The van der Waals surface area contributed by atoms with Gasteiger partial charge in [-0.1, -0.05) is 5.16 Å². The van der Waals surface area contributed by atoms with E-state index >= 15 is 0 Å². The molecule has 114 valence electrons. The Morgan fingerprint density at radius 2 is 2.05 bits per heavy atom. The number of hydrogen-bond acceptors (Lipinski definition) is 5. The van der Waals surface area contributed by atoms with Crippen LogP contribution in [0.4, 0.5) is 10.6 Å². The van der Waals surface area contributed by atoms with E-state index in [1.807, 2.05) is 0 Å². The first kappa shape index (κ1) is 15.1. The molecule has 0 radical (unpaired) electrons. The first-order valence-electron chi connectivity index (χ1n) is 6.56. The van der Waals surface area contributed by atoms with Gasteiger partial charge >= 0.3 is 6.03 Å². The van der Waals surface area contributed by atoms with Crippen molar-refractivity contribution < 1.29 is 18.8 Å². The van der Waals surface area contributed by atoms with Crippen LogP contribution in [-0.4, -0.2) is 22.8 Å². The number of nitrogens with zero attached hydrogens (tertiary/aromatic N) is 1. The largest absolute Gasteiger partial charge is 0.466 e. The Kier molecular flexibility index (Phi) is 4.04. The van der Waals surface area contributed by atoms with Crippen molar-refractivity contribution in [3.8, 4) is 0 Å². The number of aromatic nitrogens is 1. The molecule has 21 heavy (non-hydrogen) atoms. The van der Waals surface area contributed by atoms with Crippen molar-refractivity contribution >= 4 is 11.8 Å². The van der Waals surface area contributed by atoms with Gasteiger partial charge in [0.05, 0.1) is 6.54 Å². The first-order valence-corrected chi connectivity index (χ1v) is 6.56. The molecule has 0 fully saturated rings. The molecular formula is C14H19N3O4. The third-order valence-corrected chi connectivity index (χ3v) is 3.08. The zero-order chi connectivity index (χ0) is 15.6. The van der Waals surface area contributed by atoms with E-state index in [2.05, 4.69) is 15.8 Å². The van der Waals surface area contributed by atoms with Crippen LogP contribution in [0.2, 0.25) is 0 Å². The Bertz CT molecular complexity index is 642. The second-order valence-corrected chi connectivity index (χ2v) is 5.23. The monoisotopic (exact) mass is 293 g/mol. The van der Waals surface area contributed by atoms with Crippen molar-refractivity contribution in [1.82, 2.24) is 10.5 Å². The lowest BCUT2D eigenvalue weighted by atomic mass is 9.96. The van der Waals surface area contributed by atoms with Gasteiger partial charge in [-0.05, 0) is 33.8 Å². The van der Waals surface area contributed by atoms with Crippen LogP contribution in [0.25, 0.3) is 0 Å². The molecular weight excluding hydrogens is 274 g/mol. The summed E-state index contributed by atoms with van der Waals surface area (Å²) in [5, 5.41) is 19.2. The maximum absolute atomic E-state index is 11.8. The predicted octanol–water partition coefficient (Wildman–Crippen LogP) is 2.22. The van der Waals surface area contributed by atoms with Gasteiger partial charge in [0.15, 0.2) is 5.82 Å². The summed E-state index contributed by atoms with van der Waals surface area (Å²) in [6.07, 6.45) is 0. The average Bonchev–Trinajstić information content (AvgIpc) is 2.93. The summed E-state index contributed by atoms with van der Waals surface area (Å²) >= 11 is 0. The van der Waals surface area contributed by atoms with Crippen LogP contribution in [0.3, 0.4) is 0 Å². The van der Waals surface area contributed by atoms with Crippen LogP contribution in [0.1, 0.15) is 29.8 Å². The van der Waals surface area contributed by atoms with Gasteiger partial charge in [-0.2, -0.15) is 0 Å². The number of anilines is 1. The fourth-order valence-corrected chi connectivity index (χ4v) is 2.10. The molecule has 0 saturated heterocycles. The number of urea groups is 1. The number of furan rings is 1. The molecule has 3 N–H and O–H groups in total.